The van der Waals surface area contributed by atoms with Gasteiger partial charge in [-0.15, -0.1) is 0 Å². The van der Waals surface area contributed by atoms with Crippen molar-refractivity contribution in [3.8, 4) is 0 Å². The Balaban J connectivity index is 1.43. The lowest BCUT2D eigenvalue weighted by atomic mass is 9.89. The van der Waals surface area contributed by atoms with Gasteiger partial charge in [-0.05, 0) is 72.7 Å². The van der Waals surface area contributed by atoms with Crippen LogP contribution >= 0.6 is 11.6 Å². The normalized spacial score (nSPS) is 14.3. The van der Waals surface area contributed by atoms with E-state index in [0.717, 1.165) is 48.4 Å². The van der Waals surface area contributed by atoms with Gasteiger partial charge in [0.2, 0.25) is 0 Å². The summed E-state index contributed by atoms with van der Waals surface area (Å²) in [6.07, 6.45) is 2.24. The molecule has 0 aliphatic carbocycles. The van der Waals surface area contributed by atoms with Crippen molar-refractivity contribution in [3.05, 3.63) is 107 Å². The van der Waals surface area contributed by atoms with Crippen molar-refractivity contribution in [2.75, 3.05) is 18.4 Å². The van der Waals surface area contributed by atoms with Crippen molar-refractivity contribution in [3.63, 3.8) is 0 Å². The highest BCUT2D eigenvalue weighted by atomic mass is 35.5. The van der Waals surface area contributed by atoms with Gasteiger partial charge in [-0.3, -0.25) is 4.79 Å². The number of rotatable bonds is 5. The summed E-state index contributed by atoms with van der Waals surface area (Å²) in [6.45, 7) is 8.33. The molecule has 3 nitrogen and oxygen atoms in total. The highest BCUT2D eigenvalue weighted by Gasteiger charge is 2.22. The fraction of sp³-hybridized carbons (Fsp3) is 0.222. The van der Waals surface area contributed by atoms with E-state index in [2.05, 4.69) is 53.2 Å². The lowest BCUT2D eigenvalue weighted by molar-refractivity contribution is 0.102. The van der Waals surface area contributed by atoms with Gasteiger partial charge < -0.3 is 10.2 Å². The fourth-order valence-electron chi connectivity index (χ4n) is 4.12. The standard InChI is InChI=1S/C27H27ClN2O/c1-19-8-9-24(18-26(19)29-27(31)23-10-12-25(28)13-11-23)20(2)30-16-14-22(15-17-30)21-6-4-3-5-7-21/h3-13,18,22H,2,14-17H2,1H3,(H,29,31). The van der Waals surface area contributed by atoms with Gasteiger partial charge in [-0.2, -0.15) is 0 Å². The van der Waals surface area contributed by atoms with Crippen LogP contribution in [0.2, 0.25) is 5.02 Å². The summed E-state index contributed by atoms with van der Waals surface area (Å²) in [6, 6.07) is 23.8. The number of amides is 1. The average Bonchev–Trinajstić information content (AvgIpc) is 2.81. The molecule has 3 aromatic rings. The zero-order valence-electron chi connectivity index (χ0n) is 17.8. The number of halogens is 1. The number of nitrogens with zero attached hydrogens (tertiary/aromatic N) is 1. The molecule has 1 fully saturated rings. The number of nitrogens with one attached hydrogen (secondary N) is 1. The minimum atomic E-state index is -0.147. The van der Waals surface area contributed by atoms with Gasteiger partial charge in [0.25, 0.3) is 5.91 Å². The summed E-state index contributed by atoms with van der Waals surface area (Å²) >= 11 is 5.93. The summed E-state index contributed by atoms with van der Waals surface area (Å²) < 4.78 is 0. The third-order valence-electron chi connectivity index (χ3n) is 6.07. The Morgan fingerprint density at radius 3 is 2.29 bits per heavy atom. The molecule has 1 N–H and O–H groups in total. The van der Waals surface area contributed by atoms with E-state index in [1.807, 2.05) is 19.1 Å². The third kappa shape index (κ3) is 5.00. The van der Waals surface area contributed by atoms with Gasteiger partial charge in [-0.1, -0.05) is 60.6 Å². The highest BCUT2D eigenvalue weighted by Crippen LogP contribution is 2.32. The first-order chi connectivity index (χ1) is 15.0. The summed E-state index contributed by atoms with van der Waals surface area (Å²) in [5.41, 5.74) is 5.87. The maximum absolute atomic E-state index is 12.6. The molecule has 0 spiro atoms. The molecule has 1 amide bonds. The van der Waals surface area contributed by atoms with E-state index < -0.39 is 0 Å². The Bertz CT molecular complexity index is 1070. The van der Waals surface area contributed by atoms with E-state index in [-0.39, 0.29) is 5.91 Å². The summed E-state index contributed by atoms with van der Waals surface area (Å²) in [5.74, 6) is 0.462. The van der Waals surface area contributed by atoms with Crippen LogP contribution in [0.3, 0.4) is 0 Å². The Labute approximate surface area is 189 Å². The van der Waals surface area contributed by atoms with E-state index in [0.29, 0.717) is 16.5 Å². The number of hydrogen-bond donors (Lipinski definition) is 1. The number of carbonyl (C=O) groups is 1. The first kappa shape index (κ1) is 21.2. The molecule has 3 aromatic carbocycles. The van der Waals surface area contributed by atoms with Crippen LogP contribution in [0.25, 0.3) is 5.70 Å². The van der Waals surface area contributed by atoms with Gasteiger partial charge in [0.05, 0.1) is 0 Å². The number of carbonyl (C=O) groups excluding carboxylic acids is 1. The quantitative estimate of drug-likeness (QED) is 0.485. The SMILES string of the molecule is C=C(c1ccc(C)c(NC(=O)c2ccc(Cl)cc2)c1)N1CCC(c2ccccc2)CC1. The van der Waals surface area contributed by atoms with Crippen LogP contribution in [0, 0.1) is 6.92 Å². The molecular formula is C27H27ClN2O. The Morgan fingerprint density at radius 2 is 1.61 bits per heavy atom. The van der Waals surface area contributed by atoms with Crippen molar-refractivity contribution in [1.29, 1.82) is 0 Å². The minimum absolute atomic E-state index is 0.147. The number of anilines is 1. The van der Waals surface area contributed by atoms with Crippen LogP contribution in [-0.4, -0.2) is 23.9 Å². The van der Waals surface area contributed by atoms with Gasteiger partial charge >= 0.3 is 0 Å². The van der Waals surface area contributed by atoms with Gasteiger partial charge in [0.1, 0.15) is 0 Å². The minimum Gasteiger partial charge on any atom is -0.371 e. The summed E-state index contributed by atoms with van der Waals surface area (Å²) in [5, 5.41) is 3.64. The van der Waals surface area contributed by atoms with Gasteiger partial charge in [-0.25, -0.2) is 0 Å². The first-order valence-corrected chi connectivity index (χ1v) is 11.1. The first-order valence-electron chi connectivity index (χ1n) is 10.7. The number of aryl methyl sites for hydroxylation is 1. The highest BCUT2D eigenvalue weighted by molar-refractivity contribution is 6.30. The third-order valence-corrected chi connectivity index (χ3v) is 6.33. The smallest absolute Gasteiger partial charge is 0.255 e. The molecule has 0 saturated carbocycles. The molecule has 0 atom stereocenters. The molecule has 0 bridgehead atoms. The largest absolute Gasteiger partial charge is 0.371 e. The van der Waals surface area contributed by atoms with Crippen LogP contribution in [-0.2, 0) is 0 Å². The molecule has 0 aromatic heterocycles. The molecule has 1 aliphatic heterocycles. The molecule has 4 heteroatoms. The Morgan fingerprint density at radius 1 is 0.968 bits per heavy atom. The van der Waals surface area contributed by atoms with E-state index >= 15 is 0 Å². The van der Waals surface area contributed by atoms with Crippen molar-refractivity contribution in [2.45, 2.75) is 25.7 Å². The molecule has 1 heterocycles. The maximum Gasteiger partial charge on any atom is 0.255 e. The van der Waals surface area contributed by atoms with Crippen molar-refractivity contribution in [2.24, 2.45) is 0 Å². The van der Waals surface area contributed by atoms with Crippen LogP contribution in [0.4, 0.5) is 5.69 Å². The lowest BCUT2D eigenvalue weighted by Gasteiger charge is -2.35. The molecule has 0 unspecified atom stereocenters. The van der Waals surface area contributed by atoms with Gasteiger partial charge in [0.15, 0.2) is 0 Å². The van der Waals surface area contributed by atoms with Crippen LogP contribution in [0.15, 0.2) is 79.4 Å². The molecule has 1 saturated heterocycles. The van der Waals surface area contributed by atoms with E-state index in [9.17, 15) is 4.79 Å². The zero-order chi connectivity index (χ0) is 21.8. The van der Waals surface area contributed by atoms with Crippen molar-refractivity contribution >= 4 is 28.9 Å². The number of hydrogen-bond acceptors (Lipinski definition) is 2. The monoisotopic (exact) mass is 430 g/mol. The molecular weight excluding hydrogens is 404 g/mol. The van der Waals surface area contributed by atoms with Crippen LogP contribution in [0.5, 0.6) is 0 Å². The molecule has 4 rings (SSSR count). The maximum atomic E-state index is 12.6. The second-order valence-corrected chi connectivity index (χ2v) is 8.55. The van der Waals surface area contributed by atoms with E-state index in [1.54, 1.807) is 24.3 Å². The van der Waals surface area contributed by atoms with Crippen LogP contribution in [0.1, 0.15) is 45.8 Å². The number of likely N-dealkylation sites (tertiary alicyclic amines) is 1. The predicted molar refractivity (Wildman–Crippen MR) is 130 cm³/mol. The average molecular weight is 431 g/mol. The Hall–Kier alpha value is -3.04. The zero-order valence-corrected chi connectivity index (χ0v) is 18.5. The van der Waals surface area contributed by atoms with Crippen molar-refractivity contribution in [1.82, 2.24) is 4.90 Å². The number of piperidine rings is 1. The number of benzene rings is 3. The second kappa shape index (κ2) is 9.40. The topological polar surface area (TPSA) is 32.3 Å². The van der Waals surface area contributed by atoms with Gasteiger partial charge in [0, 0.05) is 35.1 Å². The molecule has 0 radical (unpaired) electrons. The van der Waals surface area contributed by atoms with Crippen LogP contribution < -0.4 is 5.32 Å². The lowest BCUT2D eigenvalue weighted by Crippen LogP contribution is -2.31. The van der Waals surface area contributed by atoms with E-state index in [4.69, 9.17) is 11.6 Å². The molecule has 31 heavy (non-hydrogen) atoms. The second-order valence-electron chi connectivity index (χ2n) is 8.11. The predicted octanol–water partition coefficient (Wildman–Crippen LogP) is 6.75. The summed E-state index contributed by atoms with van der Waals surface area (Å²) in [7, 11) is 0. The summed E-state index contributed by atoms with van der Waals surface area (Å²) in [4.78, 5) is 15.0. The van der Waals surface area contributed by atoms with Crippen molar-refractivity contribution < 1.29 is 4.79 Å². The fourth-order valence-corrected chi connectivity index (χ4v) is 4.25. The molecule has 158 valence electrons. The molecule has 1 aliphatic rings. The van der Waals surface area contributed by atoms with E-state index in [1.165, 1.54) is 5.56 Å². The Kier molecular flexibility index (Phi) is 6.43.